The van der Waals surface area contributed by atoms with Gasteiger partial charge in [-0.2, -0.15) is 0 Å². The van der Waals surface area contributed by atoms with E-state index in [1.165, 1.54) is 0 Å². The summed E-state index contributed by atoms with van der Waals surface area (Å²) < 4.78 is 6.74. The van der Waals surface area contributed by atoms with Gasteiger partial charge in [-0.05, 0) is 72.7 Å². The summed E-state index contributed by atoms with van der Waals surface area (Å²) in [6.45, 7) is 5.95. The minimum Gasteiger partial charge on any atom is -0.484 e. The van der Waals surface area contributed by atoms with Crippen LogP contribution in [0.3, 0.4) is 0 Å². The zero-order chi connectivity index (χ0) is 20.5. The molecule has 0 saturated carbocycles. The van der Waals surface area contributed by atoms with Crippen molar-refractivity contribution < 1.29 is 14.3 Å². The van der Waals surface area contributed by atoms with Gasteiger partial charge in [0.25, 0.3) is 5.91 Å². The van der Waals surface area contributed by atoms with Crippen molar-refractivity contribution in [3.8, 4) is 5.75 Å². The van der Waals surface area contributed by atoms with Crippen LogP contribution in [0.4, 0.5) is 0 Å². The van der Waals surface area contributed by atoms with Crippen molar-refractivity contribution in [2.45, 2.75) is 45.8 Å². The van der Waals surface area contributed by atoms with E-state index in [0.717, 1.165) is 15.6 Å². The maximum atomic E-state index is 12.9. The lowest BCUT2D eigenvalue weighted by atomic mass is 10.1. The zero-order valence-electron chi connectivity index (χ0n) is 16.5. The number of halogens is 1. The van der Waals surface area contributed by atoms with E-state index in [1.54, 1.807) is 11.8 Å². The number of amides is 2. The lowest BCUT2D eigenvalue weighted by molar-refractivity contribution is -0.142. The summed E-state index contributed by atoms with van der Waals surface area (Å²) in [4.78, 5) is 27.1. The molecule has 28 heavy (non-hydrogen) atoms. The quantitative estimate of drug-likeness (QED) is 0.537. The van der Waals surface area contributed by atoms with Crippen molar-refractivity contribution in [1.29, 1.82) is 0 Å². The summed E-state index contributed by atoms with van der Waals surface area (Å²) in [7, 11) is 0. The Kier molecular flexibility index (Phi) is 8.76. The second-order valence-electron chi connectivity index (χ2n) is 6.74. The van der Waals surface area contributed by atoms with Gasteiger partial charge in [-0.3, -0.25) is 9.59 Å². The maximum absolute atomic E-state index is 12.9. The molecule has 0 saturated heterocycles. The molecule has 2 aromatic rings. The molecule has 1 N–H and O–H groups in total. The molecule has 2 aromatic carbocycles. The van der Waals surface area contributed by atoms with Crippen LogP contribution < -0.4 is 10.1 Å². The Labute approximate surface area is 180 Å². The van der Waals surface area contributed by atoms with Crippen molar-refractivity contribution in [1.82, 2.24) is 10.2 Å². The number of carbonyl (C=O) groups is 2. The summed E-state index contributed by atoms with van der Waals surface area (Å²) in [5.41, 5.74) is 0.966. The summed E-state index contributed by atoms with van der Waals surface area (Å²) in [5, 5.41) is 2.96. The van der Waals surface area contributed by atoms with Crippen LogP contribution >= 0.6 is 22.6 Å². The summed E-state index contributed by atoms with van der Waals surface area (Å²) in [6.07, 6.45) is 0.834. The number of nitrogens with one attached hydrogen (secondary N) is 1. The van der Waals surface area contributed by atoms with Crippen LogP contribution in [-0.2, 0) is 16.1 Å². The highest BCUT2D eigenvalue weighted by molar-refractivity contribution is 14.1. The van der Waals surface area contributed by atoms with E-state index in [-0.39, 0.29) is 24.5 Å². The van der Waals surface area contributed by atoms with Crippen LogP contribution in [0.25, 0.3) is 0 Å². The fourth-order valence-corrected chi connectivity index (χ4v) is 2.95. The van der Waals surface area contributed by atoms with Gasteiger partial charge in [0, 0.05) is 16.2 Å². The summed E-state index contributed by atoms with van der Waals surface area (Å²) in [6, 6.07) is 16.6. The third kappa shape index (κ3) is 6.82. The third-order valence-corrected chi connectivity index (χ3v) is 5.26. The van der Waals surface area contributed by atoms with E-state index in [2.05, 4.69) is 27.9 Å². The minimum atomic E-state index is -0.595. The van der Waals surface area contributed by atoms with Crippen molar-refractivity contribution in [3.63, 3.8) is 0 Å². The molecule has 0 aliphatic heterocycles. The number of nitrogens with zero attached hydrogens (tertiary/aromatic N) is 1. The second-order valence-corrected chi connectivity index (χ2v) is 7.99. The second kappa shape index (κ2) is 11.0. The number of benzene rings is 2. The Morgan fingerprint density at radius 3 is 2.32 bits per heavy atom. The highest BCUT2D eigenvalue weighted by Gasteiger charge is 2.27. The summed E-state index contributed by atoms with van der Waals surface area (Å²) >= 11 is 2.21. The topological polar surface area (TPSA) is 58.6 Å². The number of rotatable bonds is 9. The zero-order valence-corrected chi connectivity index (χ0v) is 18.7. The number of hydrogen-bond acceptors (Lipinski definition) is 3. The largest absolute Gasteiger partial charge is 0.484 e. The molecule has 2 amide bonds. The highest BCUT2D eigenvalue weighted by atomic mass is 127. The smallest absolute Gasteiger partial charge is 0.261 e. The standard InChI is InChI=1S/C22H27IN2O3/c1-4-16(2)24-22(27)17(3)25(14-18-8-6-5-7-9-18)21(26)15-28-20-12-10-19(23)11-13-20/h5-13,16-17H,4,14-15H2,1-3H3,(H,24,27). The minimum absolute atomic E-state index is 0.0617. The average molecular weight is 494 g/mol. The fraction of sp³-hybridized carbons (Fsp3) is 0.364. The molecule has 0 fully saturated rings. The molecule has 150 valence electrons. The molecule has 6 heteroatoms. The lowest BCUT2D eigenvalue weighted by Gasteiger charge is -2.29. The molecular weight excluding hydrogens is 467 g/mol. The van der Waals surface area contributed by atoms with E-state index >= 15 is 0 Å². The first kappa shape index (κ1) is 22.2. The Balaban J connectivity index is 2.10. The predicted molar refractivity (Wildman–Crippen MR) is 119 cm³/mol. The van der Waals surface area contributed by atoms with Crippen molar-refractivity contribution in [2.75, 3.05) is 6.61 Å². The maximum Gasteiger partial charge on any atom is 0.261 e. The first-order valence-corrected chi connectivity index (χ1v) is 10.5. The molecule has 0 aliphatic carbocycles. The lowest BCUT2D eigenvalue weighted by Crippen LogP contribution is -2.50. The van der Waals surface area contributed by atoms with Crippen LogP contribution in [0.1, 0.15) is 32.8 Å². The van der Waals surface area contributed by atoms with Gasteiger partial charge in [0.05, 0.1) is 0 Å². The molecule has 5 nitrogen and oxygen atoms in total. The predicted octanol–water partition coefficient (Wildman–Crippen LogP) is 4.00. The van der Waals surface area contributed by atoms with Gasteiger partial charge in [-0.1, -0.05) is 37.3 Å². The molecule has 2 atom stereocenters. The van der Waals surface area contributed by atoms with Gasteiger partial charge >= 0.3 is 0 Å². The Morgan fingerprint density at radius 2 is 1.71 bits per heavy atom. The van der Waals surface area contributed by atoms with Crippen LogP contribution in [0, 0.1) is 3.57 Å². The summed E-state index contributed by atoms with van der Waals surface area (Å²) in [5.74, 6) is 0.243. The van der Waals surface area contributed by atoms with Gasteiger partial charge in [0.1, 0.15) is 11.8 Å². The van der Waals surface area contributed by atoms with Crippen molar-refractivity contribution >= 4 is 34.4 Å². The van der Waals surface area contributed by atoms with E-state index in [0.29, 0.717) is 12.3 Å². The monoisotopic (exact) mass is 494 g/mol. The Morgan fingerprint density at radius 1 is 1.07 bits per heavy atom. The molecular formula is C22H27IN2O3. The first-order chi connectivity index (χ1) is 13.4. The van der Waals surface area contributed by atoms with E-state index < -0.39 is 6.04 Å². The number of hydrogen-bond donors (Lipinski definition) is 1. The van der Waals surface area contributed by atoms with Crippen LogP contribution in [0.15, 0.2) is 54.6 Å². The normalized spacial score (nSPS) is 12.7. The molecule has 0 heterocycles. The molecule has 0 aliphatic rings. The number of ether oxygens (including phenoxy) is 1. The third-order valence-electron chi connectivity index (χ3n) is 4.54. The molecule has 0 radical (unpaired) electrons. The molecule has 0 bridgehead atoms. The molecule has 2 rings (SSSR count). The van der Waals surface area contributed by atoms with Gasteiger partial charge in [-0.15, -0.1) is 0 Å². The van der Waals surface area contributed by atoms with Crippen LogP contribution in [-0.4, -0.2) is 35.4 Å². The van der Waals surface area contributed by atoms with Crippen molar-refractivity contribution in [3.05, 3.63) is 63.7 Å². The van der Waals surface area contributed by atoms with E-state index in [4.69, 9.17) is 4.74 Å². The SMILES string of the molecule is CCC(C)NC(=O)C(C)N(Cc1ccccc1)C(=O)COc1ccc(I)cc1. The van der Waals surface area contributed by atoms with Gasteiger partial charge in [0.15, 0.2) is 6.61 Å². The molecule has 0 spiro atoms. The van der Waals surface area contributed by atoms with Crippen molar-refractivity contribution in [2.24, 2.45) is 0 Å². The van der Waals surface area contributed by atoms with E-state index in [9.17, 15) is 9.59 Å². The first-order valence-electron chi connectivity index (χ1n) is 9.42. The van der Waals surface area contributed by atoms with Gasteiger partial charge in [0.2, 0.25) is 5.91 Å². The number of carbonyl (C=O) groups excluding carboxylic acids is 2. The van der Waals surface area contributed by atoms with Gasteiger partial charge < -0.3 is 15.0 Å². The van der Waals surface area contributed by atoms with Crippen LogP contribution in [0.5, 0.6) is 5.75 Å². The average Bonchev–Trinajstić information content (AvgIpc) is 2.71. The van der Waals surface area contributed by atoms with Crippen LogP contribution in [0.2, 0.25) is 0 Å². The Bertz CT molecular complexity index is 765. The van der Waals surface area contributed by atoms with Gasteiger partial charge in [-0.25, -0.2) is 0 Å². The Hall–Kier alpha value is -2.09. The fourth-order valence-electron chi connectivity index (χ4n) is 2.59. The van der Waals surface area contributed by atoms with E-state index in [1.807, 2.05) is 68.4 Å². The molecule has 0 aromatic heterocycles. The molecule has 2 unspecified atom stereocenters. The highest BCUT2D eigenvalue weighted by Crippen LogP contribution is 2.15.